The Morgan fingerprint density at radius 3 is 2.59 bits per heavy atom. The van der Waals surface area contributed by atoms with Gasteiger partial charge in [0.2, 0.25) is 0 Å². The first-order chi connectivity index (χ1) is 24.5. The van der Waals surface area contributed by atoms with Crippen LogP contribution in [-0.2, 0) is 14.2 Å². The van der Waals surface area contributed by atoms with Crippen LogP contribution in [0.3, 0.4) is 0 Å². The van der Waals surface area contributed by atoms with Crippen molar-refractivity contribution in [3.8, 4) is 28.1 Å². The standard InChI is InChI=1S/C37H44FN7O6/c1-37(2,3)51-36(47)41-24-8-7-15-44(22-24)29-18-32(39-20-27(29)23-19-40-45(21-23)25-13-16-50-17-14-25)42-31-12-11-26(35(46)49-5)34(43-31)33-28(38)9-6-10-30(33)48-4/h6,9-12,18-21,24-25H,7-8,13-17,22H2,1-5H3,(H,41,47)(H,39,42,43)/t24-/m0/s1. The SMILES string of the molecule is COC(=O)c1ccc(Nc2cc(N3CCC[C@H](NC(=O)OC(C)(C)C)C3)c(-c3cnn(C4CCOCC4)c3)cn2)nc1-c1c(F)cccc1OC. The molecule has 1 aromatic carbocycles. The molecule has 51 heavy (non-hydrogen) atoms. The topological polar surface area (TPSA) is 142 Å². The second kappa shape index (κ2) is 15.3. The predicted molar refractivity (Wildman–Crippen MR) is 190 cm³/mol. The van der Waals surface area contributed by atoms with Gasteiger partial charge in [0.25, 0.3) is 0 Å². The molecular weight excluding hydrogens is 657 g/mol. The van der Waals surface area contributed by atoms with E-state index in [0.29, 0.717) is 31.4 Å². The summed E-state index contributed by atoms with van der Waals surface area (Å²) in [5, 5.41) is 11.0. The van der Waals surface area contributed by atoms with Crippen LogP contribution in [0.2, 0.25) is 0 Å². The molecule has 0 saturated carbocycles. The molecule has 13 nitrogen and oxygen atoms in total. The Kier molecular flexibility index (Phi) is 10.7. The molecule has 1 atom stereocenters. The average Bonchev–Trinajstić information content (AvgIpc) is 3.61. The van der Waals surface area contributed by atoms with Gasteiger partial charge in [0, 0.05) is 61.9 Å². The number of amides is 1. The highest BCUT2D eigenvalue weighted by Crippen LogP contribution is 2.37. The molecule has 0 spiro atoms. The molecule has 0 radical (unpaired) electrons. The average molecular weight is 702 g/mol. The van der Waals surface area contributed by atoms with Crippen LogP contribution in [0.4, 0.5) is 26.5 Å². The van der Waals surface area contributed by atoms with Gasteiger partial charge in [-0.1, -0.05) is 6.07 Å². The molecular formula is C37H44FN7O6. The Balaban J connectivity index is 1.35. The smallest absolute Gasteiger partial charge is 0.407 e. The summed E-state index contributed by atoms with van der Waals surface area (Å²) in [6, 6.07) is 9.58. The van der Waals surface area contributed by atoms with Crippen molar-refractivity contribution in [2.75, 3.05) is 50.7 Å². The predicted octanol–water partition coefficient (Wildman–Crippen LogP) is 6.53. The number of ether oxygens (including phenoxy) is 4. The maximum atomic E-state index is 15.2. The van der Waals surface area contributed by atoms with Crippen molar-refractivity contribution in [3.63, 3.8) is 0 Å². The minimum atomic E-state index is -0.667. The molecule has 2 N–H and O–H groups in total. The zero-order valence-corrected chi connectivity index (χ0v) is 29.6. The fraction of sp³-hybridized carbons (Fsp3) is 0.432. The summed E-state index contributed by atoms with van der Waals surface area (Å²) in [7, 11) is 2.68. The van der Waals surface area contributed by atoms with Gasteiger partial charge in [-0.15, -0.1) is 0 Å². The lowest BCUT2D eigenvalue weighted by Gasteiger charge is -2.36. The summed E-state index contributed by atoms with van der Waals surface area (Å²) >= 11 is 0. The number of rotatable bonds is 9. The fourth-order valence-corrected chi connectivity index (χ4v) is 6.44. The fourth-order valence-electron chi connectivity index (χ4n) is 6.44. The molecule has 2 aliphatic heterocycles. The lowest BCUT2D eigenvalue weighted by atomic mass is 10.0. The van der Waals surface area contributed by atoms with Crippen LogP contribution in [0.15, 0.2) is 55.0 Å². The lowest BCUT2D eigenvalue weighted by Crippen LogP contribution is -2.49. The van der Waals surface area contributed by atoms with E-state index in [0.717, 1.165) is 49.0 Å². The van der Waals surface area contributed by atoms with E-state index in [4.69, 9.17) is 29.0 Å². The third kappa shape index (κ3) is 8.39. The van der Waals surface area contributed by atoms with Crippen LogP contribution in [0.1, 0.15) is 62.9 Å². The Morgan fingerprint density at radius 2 is 1.84 bits per heavy atom. The molecule has 1 amide bonds. The summed E-state index contributed by atoms with van der Waals surface area (Å²) in [4.78, 5) is 37.1. The number of carbonyl (C=O) groups is 2. The first kappa shape index (κ1) is 35.6. The summed E-state index contributed by atoms with van der Waals surface area (Å²) < 4.78 is 38.7. The van der Waals surface area contributed by atoms with Gasteiger partial charge in [0.1, 0.15) is 28.8 Å². The summed E-state index contributed by atoms with van der Waals surface area (Å²) in [5.41, 5.74) is 2.24. The van der Waals surface area contributed by atoms with Gasteiger partial charge in [0.05, 0.1) is 49.0 Å². The number of hydrogen-bond donors (Lipinski definition) is 2. The number of alkyl carbamates (subject to hydrolysis) is 1. The third-order valence-electron chi connectivity index (χ3n) is 8.83. The number of hydrogen-bond acceptors (Lipinski definition) is 11. The van der Waals surface area contributed by atoms with Gasteiger partial charge in [0.15, 0.2) is 0 Å². The van der Waals surface area contributed by atoms with Gasteiger partial charge in [-0.25, -0.2) is 23.9 Å². The molecule has 3 aromatic heterocycles. The van der Waals surface area contributed by atoms with E-state index in [1.54, 1.807) is 18.3 Å². The number of aromatic nitrogens is 4. The molecule has 2 saturated heterocycles. The number of anilines is 3. The number of benzene rings is 1. The number of halogens is 1. The van der Waals surface area contributed by atoms with Crippen LogP contribution >= 0.6 is 0 Å². The number of nitrogens with zero attached hydrogens (tertiary/aromatic N) is 5. The van der Waals surface area contributed by atoms with Crippen molar-refractivity contribution >= 4 is 29.4 Å². The maximum Gasteiger partial charge on any atom is 0.407 e. The normalized spacial score (nSPS) is 16.7. The Labute approximate surface area is 296 Å². The monoisotopic (exact) mass is 701 g/mol. The number of piperidine rings is 1. The number of esters is 1. The van der Waals surface area contributed by atoms with Gasteiger partial charge in [-0.2, -0.15) is 5.10 Å². The quantitative estimate of drug-likeness (QED) is 0.184. The highest BCUT2D eigenvalue weighted by Gasteiger charge is 2.28. The number of nitrogens with one attached hydrogen (secondary N) is 2. The second-order valence-corrected chi connectivity index (χ2v) is 13.6. The minimum Gasteiger partial charge on any atom is -0.496 e. The number of pyridine rings is 2. The zero-order chi connectivity index (χ0) is 36.1. The van der Waals surface area contributed by atoms with Crippen molar-refractivity contribution in [1.82, 2.24) is 25.1 Å². The van der Waals surface area contributed by atoms with E-state index >= 15 is 4.39 Å². The van der Waals surface area contributed by atoms with Gasteiger partial charge < -0.3 is 34.5 Å². The minimum absolute atomic E-state index is 0.0337. The van der Waals surface area contributed by atoms with Gasteiger partial charge >= 0.3 is 12.1 Å². The van der Waals surface area contributed by atoms with Gasteiger partial charge in [-0.05, 0) is 70.7 Å². The van der Waals surface area contributed by atoms with E-state index < -0.39 is 23.5 Å². The molecule has 6 rings (SSSR count). The highest BCUT2D eigenvalue weighted by atomic mass is 19.1. The van der Waals surface area contributed by atoms with E-state index in [1.165, 1.54) is 32.4 Å². The molecule has 5 heterocycles. The van der Waals surface area contributed by atoms with Crippen LogP contribution in [0.5, 0.6) is 5.75 Å². The van der Waals surface area contributed by atoms with Crippen LogP contribution in [0.25, 0.3) is 22.4 Å². The van der Waals surface area contributed by atoms with Crippen molar-refractivity contribution < 1.29 is 32.9 Å². The van der Waals surface area contributed by atoms with Gasteiger partial charge in [-0.3, -0.25) is 4.68 Å². The Morgan fingerprint density at radius 1 is 1.04 bits per heavy atom. The third-order valence-corrected chi connectivity index (χ3v) is 8.83. The number of carbonyl (C=O) groups excluding carboxylic acids is 2. The first-order valence-corrected chi connectivity index (χ1v) is 17.1. The molecule has 2 aliphatic rings. The zero-order valence-electron chi connectivity index (χ0n) is 29.6. The first-order valence-electron chi connectivity index (χ1n) is 17.1. The van der Waals surface area contributed by atoms with Crippen molar-refractivity contribution in [2.45, 2.75) is 64.1 Å². The molecule has 0 bridgehead atoms. The maximum absolute atomic E-state index is 15.2. The largest absolute Gasteiger partial charge is 0.496 e. The van der Waals surface area contributed by atoms with Crippen LogP contribution in [-0.4, -0.2) is 84.0 Å². The number of methoxy groups -OCH3 is 2. The summed E-state index contributed by atoms with van der Waals surface area (Å²) in [6.45, 7) is 8.22. The molecule has 2 fully saturated rings. The molecule has 270 valence electrons. The Bertz CT molecular complexity index is 1870. The van der Waals surface area contributed by atoms with E-state index in [-0.39, 0.29) is 34.7 Å². The van der Waals surface area contributed by atoms with E-state index in [2.05, 4.69) is 20.5 Å². The molecule has 0 aliphatic carbocycles. The summed E-state index contributed by atoms with van der Waals surface area (Å²) in [6.07, 6.45) is 8.67. The Hall–Kier alpha value is -5.24. The molecule has 4 aromatic rings. The molecule has 14 heteroatoms. The van der Waals surface area contributed by atoms with Crippen molar-refractivity contribution in [2.24, 2.45) is 0 Å². The van der Waals surface area contributed by atoms with Crippen LogP contribution in [0, 0.1) is 5.82 Å². The van der Waals surface area contributed by atoms with Crippen molar-refractivity contribution in [1.29, 1.82) is 0 Å². The molecule has 0 unspecified atom stereocenters. The van der Waals surface area contributed by atoms with E-state index in [9.17, 15) is 9.59 Å². The second-order valence-electron chi connectivity index (χ2n) is 13.6. The van der Waals surface area contributed by atoms with E-state index in [1.807, 2.05) is 43.9 Å². The highest BCUT2D eigenvalue weighted by molar-refractivity contribution is 5.97. The lowest BCUT2D eigenvalue weighted by molar-refractivity contribution is 0.0499. The van der Waals surface area contributed by atoms with Crippen LogP contribution < -0.4 is 20.3 Å². The summed E-state index contributed by atoms with van der Waals surface area (Å²) in [5.74, 6) is -0.257. The van der Waals surface area contributed by atoms with Crippen molar-refractivity contribution in [3.05, 3.63) is 66.4 Å².